The predicted octanol–water partition coefficient (Wildman–Crippen LogP) is 1.43. The van der Waals surface area contributed by atoms with E-state index in [0.29, 0.717) is 0 Å². The number of amidine groups is 1. The highest BCUT2D eigenvalue weighted by molar-refractivity contribution is 8.14. The van der Waals surface area contributed by atoms with Crippen molar-refractivity contribution in [2.24, 2.45) is 10.9 Å². The van der Waals surface area contributed by atoms with E-state index in [0.717, 1.165) is 25.0 Å². The van der Waals surface area contributed by atoms with Gasteiger partial charge in [-0.1, -0.05) is 25.6 Å². The minimum absolute atomic E-state index is 0.751. The smallest absolute Gasteiger partial charge is 0.159 e. The van der Waals surface area contributed by atoms with Crippen molar-refractivity contribution in [3.8, 4) is 0 Å². The maximum Gasteiger partial charge on any atom is 0.159 e. The largest absolute Gasteiger partial charge is 0.346 e. The molecule has 2 heterocycles. The van der Waals surface area contributed by atoms with E-state index in [1.165, 1.54) is 10.9 Å². The molecule has 3 heteroatoms. The third kappa shape index (κ3) is 1.15. The number of rotatable bonds is 1. The van der Waals surface area contributed by atoms with Gasteiger partial charge >= 0.3 is 0 Å². The standard InChI is InChI=1S/C8H14N2S/c1-6(2)7-5-11-8-9-3-4-10(7)8/h6-7H,3-5H2,1-2H3. The van der Waals surface area contributed by atoms with Crippen LogP contribution < -0.4 is 0 Å². The highest BCUT2D eigenvalue weighted by Gasteiger charge is 2.33. The summed E-state index contributed by atoms with van der Waals surface area (Å²) in [6.07, 6.45) is 0. The van der Waals surface area contributed by atoms with Crippen molar-refractivity contribution in [3.05, 3.63) is 0 Å². The molecule has 0 aliphatic carbocycles. The number of aliphatic imine (C=N–C) groups is 1. The van der Waals surface area contributed by atoms with Crippen molar-refractivity contribution in [3.63, 3.8) is 0 Å². The Morgan fingerprint density at radius 2 is 2.45 bits per heavy atom. The summed E-state index contributed by atoms with van der Waals surface area (Å²) >= 11 is 1.93. The molecule has 0 saturated carbocycles. The van der Waals surface area contributed by atoms with Crippen molar-refractivity contribution in [1.29, 1.82) is 0 Å². The van der Waals surface area contributed by atoms with Gasteiger partial charge in [0.05, 0.1) is 6.54 Å². The number of nitrogens with zero attached hydrogens (tertiary/aromatic N) is 2. The Morgan fingerprint density at radius 1 is 1.64 bits per heavy atom. The minimum atomic E-state index is 0.751. The molecule has 0 aromatic rings. The Bertz CT molecular complexity index is 189. The van der Waals surface area contributed by atoms with Gasteiger partial charge in [0.25, 0.3) is 0 Å². The van der Waals surface area contributed by atoms with Gasteiger partial charge in [0.15, 0.2) is 5.17 Å². The summed E-state index contributed by atoms with van der Waals surface area (Å²) in [5.74, 6) is 2.02. The molecule has 0 bridgehead atoms. The molecule has 2 aliphatic heterocycles. The molecular formula is C8H14N2S. The Morgan fingerprint density at radius 3 is 3.18 bits per heavy atom. The van der Waals surface area contributed by atoms with Crippen LogP contribution in [0.2, 0.25) is 0 Å². The van der Waals surface area contributed by atoms with Gasteiger partial charge in [-0.25, -0.2) is 0 Å². The van der Waals surface area contributed by atoms with Crippen LogP contribution in [0.4, 0.5) is 0 Å². The molecule has 62 valence electrons. The maximum atomic E-state index is 4.44. The van der Waals surface area contributed by atoms with Gasteiger partial charge in [-0.05, 0) is 5.92 Å². The first-order valence-corrected chi connectivity index (χ1v) is 5.21. The predicted molar refractivity (Wildman–Crippen MR) is 50.1 cm³/mol. The second-order valence-corrected chi connectivity index (χ2v) is 4.47. The van der Waals surface area contributed by atoms with Gasteiger partial charge in [0.1, 0.15) is 0 Å². The first kappa shape index (κ1) is 7.47. The lowest BCUT2D eigenvalue weighted by Crippen LogP contribution is -2.35. The molecule has 0 aromatic heterocycles. The first-order chi connectivity index (χ1) is 5.29. The van der Waals surface area contributed by atoms with Crippen LogP contribution in [-0.4, -0.2) is 35.0 Å². The molecule has 2 nitrogen and oxygen atoms in total. The first-order valence-electron chi connectivity index (χ1n) is 4.23. The third-order valence-corrected chi connectivity index (χ3v) is 3.52. The fraction of sp³-hybridized carbons (Fsp3) is 0.875. The summed E-state index contributed by atoms with van der Waals surface area (Å²) in [6.45, 7) is 6.77. The number of thioether (sulfide) groups is 1. The lowest BCUT2D eigenvalue weighted by molar-refractivity contribution is 0.303. The Balaban J connectivity index is 2.11. The van der Waals surface area contributed by atoms with Crippen LogP contribution in [-0.2, 0) is 0 Å². The van der Waals surface area contributed by atoms with E-state index in [9.17, 15) is 0 Å². The molecule has 0 N–H and O–H groups in total. The summed E-state index contributed by atoms with van der Waals surface area (Å²) in [5, 5.41) is 1.30. The molecule has 1 saturated heterocycles. The molecule has 1 unspecified atom stereocenters. The summed E-state index contributed by atoms with van der Waals surface area (Å²) in [6, 6.07) is 0.751. The molecule has 2 aliphatic rings. The monoisotopic (exact) mass is 170 g/mol. The fourth-order valence-corrected chi connectivity index (χ4v) is 3.14. The van der Waals surface area contributed by atoms with Crippen molar-refractivity contribution < 1.29 is 0 Å². The summed E-state index contributed by atoms with van der Waals surface area (Å²) < 4.78 is 0. The second-order valence-electron chi connectivity index (χ2n) is 3.48. The van der Waals surface area contributed by atoms with E-state index in [2.05, 4.69) is 23.7 Å². The van der Waals surface area contributed by atoms with E-state index >= 15 is 0 Å². The molecule has 11 heavy (non-hydrogen) atoms. The van der Waals surface area contributed by atoms with Crippen LogP contribution in [0.3, 0.4) is 0 Å². The van der Waals surface area contributed by atoms with Crippen molar-refractivity contribution in [1.82, 2.24) is 4.90 Å². The van der Waals surface area contributed by atoms with E-state index in [1.807, 2.05) is 11.8 Å². The normalized spacial score (nSPS) is 29.5. The topological polar surface area (TPSA) is 15.6 Å². The van der Waals surface area contributed by atoms with Gasteiger partial charge in [-0.2, -0.15) is 0 Å². The van der Waals surface area contributed by atoms with Gasteiger partial charge in [0, 0.05) is 18.3 Å². The number of hydrogen-bond donors (Lipinski definition) is 0. The van der Waals surface area contributed by atoms with E-state index in [-0.39, 0.29) is 0 Å². The van der Waals surface area contributed by atoms with E-state index < -0.39 is 0 Å². The molecule has 1 atom stereocenters. The molecule has 0 aromatic carbocycles. The molecule has 0 radical (unpaired) electrons. The second kappa shape index (κ2) is 2.70. The highest BCUT2D eigenvalue weighted by atomic mass is 32.2. The zero-order chi connectivity index (χ0) is 7.84. The van der Waals surface area contributed by atoms with Crippen LogP contribution in [0.25, 0.3) is 0 Å². The van der Waals surface area contributed by atoms with E-state index in [4.69, 9.17) is 0 Å². The van der Waals surface area contributed by atoms with Gasteiger partial charge < -0.3 is 4.90 Å². The fourth-order valence-electron chi connectivity index (χ4n) is 1.68. The summed E-state index contributed by atoms with van der Waals surface area (Å²) in [4.78, 5) is 6.90. The van der Waals surface area contributed by atoms with Crippen LogP contribution in [0.15, 0.2) is 4.99 Å². The quantitative estimate of drug-likeness (QED) is 0.591. The Kier molecular flexibility index (Phi) is 1.83. The zero-order valence-electron chi connectivity index (χ0n) is 7.08. The van der Waals surface area contributed by atoms with Crippen LogP contribution in [0, 0.1) is 5.92 Å². The average molecular weight is 170 g/mol. The summed E-state index contributed by atoms with van der Waals surface area (Å²) in [7, 11) is 0. The van der Waals surface area contributed by atoms with Crippen LogP contribution in [0.5, 0.6) is 0 Å². The molecular weight excluding hydrogens is 156 g/mol. The van der Waals surface area contributed by atoms with Crippen LogP contribution in [0.1, 0.15) is 13.8 Å². The van der Waals surface area contributed by atoms with Crippen molar-refractivity contribution in [2.75, 3.05) is 18.8 Å². The van der Waals surface area contributed by atoms with Gasteiger partial charge in [-0.15, -0.1) is 0 Å². The van der Waals surface area contributed by atoms with Crippen LogP contribution >= 0.6 is 11.8 Å². The van der Waals surface area contributed by atoms with E-state index in [1.54, 1.807) is 0 Å². The number of hydrogen-bond acceptors (Lipinski definition) is 3. The molecule has 0 amide bonds. The molecule has 1 fully saturated rings. The third-order valence-electron chi connectivity index (χ3n) is 2.39. The summed E-state index contributed by atoms with van der Waals surface area (Å²) in [5.41, 5.74) is 0. The van der Waals surface area contributed by atoms with Gasteiger partial charge in [-0.3, -0.25) is 4.99 Å². The Labute approximate surface area is 72.1 Å². The highest BCUT2D eigenvalue weighted by Crippen LogP contribution is 2.30. The van der Waals surface area contributed by atoms with Crippen molar-refractivity contribution in [2.45, 2.75) is 19.9 Å². The maximum absolute atomic E-state index is 4.44. The van der Waals surface area contributed by atoms with Crippen molar-refractivity contribution >= 4 is 16.9 Å². The lowest BCUT2D eigenvalue weighted by atomic mass is 10.1. The SMILES string of the molecule is CC(C)C1CSC2=NCCN21. The number of fused-ring (bicyclic) bond motifs is 1. The zero-order valence-corrected chi connectivity index (χ0v) is 7.90. The van der Waals surface area contributed by atoms with Gasteiger partial charge in [0.2, 0.25) is 0 Å². The minimum Gasteiger partial charge on any atom is -0.346 e. The average Bonchev–Trinajstić information content (AvgIpc) is 2.41. The molecule has 0 spiro atoms. The lowest BCUT2D eigenvalue weighted by Gasteiger charge is -2.24. The Hall–Kier alpha value is -0.180. The molecule has 2 rings (SSSR count).